The third-order valence-electron chi connectivity index (χ3n) is 5.02. The van der Waals surface area contributed by atoms with Gasteiger partial charge in [-0.15, -0.1) is 0 Å². The predicted molar refractivity (Wildman–Crippen MR) is 102 cm³/mol. The van der Waals surface area contributed by atoms with Gasteiger partial charge in [0.15, 0.2) is 0 Å². The summed E-state index contributed by atoms with van der Waals surface area (Å²) >= 11 is 0. The lowest BCUT2D eigenvalue weighted by atomic mass is 9.77. The van der Waals surface area contributed by atoms with Gasteiger partial charge in [0.05, 0.1) is 6.04 Å². The summed E-state index contributed by atoms with van der Waals surface area (Å²) in [6.07, 6.45) is 4.12. The number of amides is 2. The van der Waals surface area contributed by atoms with E-state index in [1.165, 1.54) is 18.2 Å². The maximum Gasteiger partial charge on any atom is 0.489 e. The minimum absolute atomic E-state index is 0.00517. The molecule has 0 radical (unpaired) electrons. The van der Waals surface area contributed by atoms with Crippen molar-refractivity contribution in [2.24, 2.45) is 5.92 Å². The van der Waals surface area contributed by atoms with Crippen molar-refractivity contribution < 1.29 is 24.4 Å². The van der Waals surface area contributed by atoms with Crippen LogP contribution in [0.3, 0.4) is 0 Å². The number of nitrogens with one attached hydrogen (secondary N) is 1. The van der Waals surface area contributed by atoms with Gasteiger partial charge >= 0.3 is 7.12 Å². The molecule has 1 aromatic heterocycles. The summed E-state index contributed by atoms with van der Waals surface area (Å²) in [5, 5.41) is 21.3. The van der Waals surface area contributed by atoms with Gasteiger partial charge in [-0.25, -0.2) is 0 Å². The number of aromatic nitrogens is 1. The Balaban J connectivity index is 1.73. The average molecular weight is 381 g/mol. The Hall–Kier alpha value is -3.04. The Morgan fingerprint density at radius 2 is 2.04 bits per heavy atom. The molecule has 0 spiro atoms. The minimum Gasteiger partial charge on any atom is -0.423 e. The molecule has 1 aliphatic heterocycles. The van der Waals surface area contributed by atoms with Crippen molar-refractivity contribution in [3.63, 3.8) is 0 Å². The molecule has 3 rings (SSSR count). The van der Waals surface area contributed by atoms with E-state index in [9.17, 15) is 24.4 Å². The van der Waals surface area contributed by atoms with Gasteiger partial charge in [0.1, 0.15) is 6.29 Å². The molecule has 3 N–H and O–H groups in total. The van der Waals surface area contributed by atoms with Gasteiger partial charge in [-0.2, -0.15) is 0 Å². The lowest BCUT2D eigenvalue weighted by molar-refractivity contribution is -0.127. The molecule has 2 heterocycles. The fourth-order valence-corrected chi connectivity index (χ4v) is 3.57. The number of carbonyl (C=O) groups is 3. The molecule has 0 unspecified atom stereocenters. The monoisotopic (exact) mass is 381 g/mol. The number of benzene rings is 1. The highest BCUT2D eigenvalue weighted by molar-refractivity contribution is 6.60. The van der Waals surface area contributed by atoms with Crippen molar-refractivity contribution in [1.82, 2.24) is 15.2 Å². The van der Waals surface area contributed by atoms with Crippen LogP contribution in [0.1, 0.15) is 38.7 Å². The molecule has 0 bridgehead atoms. The van der Waals surface area contributed by atoms with Crippen molar-refractivity contribution in [2.45, 2.75) is 12.5 Å². The zero-order chi connectivity index (χ0) is 20.3. The largest absolute Gasteiger partial charge is 0.489 e. The number of pyridine rings is 1. The van der Waals surface area contributed by atoms with Crippen LogP contribution in [-0.4, -0.2) is 58.7 Å². The first-order chi connectivity index (χ1) is 13.4. The van der Waals surface area contributed by atoms with E-state index in [-0.39, 0.29) is 41.0 Å². The van der Waals surface area contributed by atoms with Crippen molar-refractivity contribution in [3.05, 3.63) is 59.4 Å². The summed E-state index contributed by atoms with van der Waals surface area (Å²) < 4.78 is 0. The van der Waals surface area contributed by atoms with Crippen LogP contribution in [0.4, 0.5) is 0 Å². The van der Waals surface area contributed by atoms with Gasteiger partial charge < -0.3 is 20.3 Å². The third-order valence-corrected chi connectivity index (χ3v) is 5.02. The van der Waals surface area contributed by atoms with Gasteiger partial charge in [-0.3, -0.25) is 19.4 Å². The molecule has 0 aliphatic carbocycles. The summed E-state index contributed by atoms with van der Waals surface area (Å²) in [7, 11) is -0.0525. The molecule has 2 aromatic rings. The minimum atomic E-state index is -1.79. The fourth-order valence-electron chi connectivity index (χ4n) is 3.57. The van der Waals surface area contributed by atoms with Crippen LogP contribution < -0.4 is 10.8 Å². The number of hydrogen-bond acceptors (Lipinski definition) is 6. The number of rotatable bonds is 6. The van der Waals surface area contributed by atoms with Gasteiger partial charge in [0.25, 0.3) is 5.91 Å². The first-order valence-electron chi connectivity index (χ1n) is 8.81. The molecule has 1 fully saturated rings. The molecule has 0 saturated carbocycles. The van der Waals surface area contributed by atoms with Crippen LogP contribution in [0.5, 0.6) is 0 Å². The van der Waals surface area contributed by atoms with Crippen LogP contribution in [0.25, 0.3) is 0 Å². The molecule has 8 nitrogen and oxygen atoms in total. The van der Waals surface area contributed by atoms with Crippen LogP contribution in [0, 0.1) is 5.92 Å². The lowest BCUT2D eigenvalue weighted by Crippen LogP contribution is -2.35. The molecule has 1 aliphatic rings. The van der Waals surface area contributed by atoms with Gasteiger partial charge in [0, 0.05) is 49.5 Å². The second kappa shape index (κ2) is 8.32. The summed E-state index contributed by atoms with van der Waals surface area (Å²) in [6, 6.07) is 7.60. The molecule has 144 valence electrons. The van der Waals surface area contributed by atoms with E-state index in [4.69, 9.17) is 0 Å². The molecular weight excluding hydrogens is 361 g/mol. The van der Waals surface area contributed by atoms with E-state index >= 15 is 0 Å². The molecular formula is C19H20BN3O5. The Morgan fingerprint density at radius 3 is 2.68 bits per heavy atom. The number of carbonyl (C=O) groups excluding carboxylic acids is 3. The maximum atomic E-state index is 12.5. The van der Waals surface area contributed by atoms with E-state index in [1.54, 1.807) is 24.3 Å². The third kappa shape index (κ3) is 3.95. The van der Waals surface area contributed by atoms with Crippen molar-refractivity contribution >= 4 is 30.7 Å². The number of nitrogens with zero attached hydrogens (tertiary/aromatic N) is 2. The molecule has 28 heavy (non-hydrogen) atoms. The molecule has 1 saturated heterocycles. The highest BCUT2D eigenvalue weighted by atomic mass is 16.4. The highest BCUT2D eigenvalue weighted by Gasteiger charge is 2.38. The second-order valence-corrected chi connectivity index (χ2v) is 6.74. The second-order valence-electron chi connectivity index (χ2n) is 6.74. The Labute approximate surface area is 162 Å². The van der Waals surface area contributed by atoms with Crippen LogP contribution >= 0.6 is 0 Å². The van der Waals surface area contributed by atoms with E-state index in [0.717, 1.165) is 5.56 Å². The molecule has 2 atom stereocenters. The standard InChI is InChI=1S/C19H20BN3O5/c1-23-17(25)9-14(18(23)12-4-6-21-7-5-12)10-22-19(26)13-2-3-16(20(27)28)15(8-13)11-24/h2-8,11,14,18,27-28H,9-10H2,1H3,(H,22,26)/t14-,18-/m1/s1. The van der Waals surface area contributed by atoms with Gasteiger partial charge in [0.2, 0.25) is 5.91 Å². The van der Waals surface area contributed by atoms with Crippen molar-refractivity contribution in [3.8, 4) is 0 Å². The average Bonchev–Trinajstić information content (AvgIpc) is 2.99. The quantitative estimate of drug-likeness (QED) is 0.460. The summed E-state index contributed by atoms with van der Waals surface area (Å²) in [5.74, 6) is -0.504. The summed E-state index contributed by atoms with van der Waals surface area (Å²) in [4.78, 5) is 41.5. The normalized spacial score (nSPS) is 18.8. The molecule has 9 heteroatoms. The predicted octanol–water partition coefficient (Wildman–Crippen LogP) is -0.477. The molecule has 1 aromatic carbocycles. The fraction of sp³-hybridized carbons (Fsp3) is 0.263. The van der Waals surface area contributed by atoms with Crippen LogP contribution in [0.15, 0.2) is 42.7 Å². The topological polar surface area (TPSA) is 120 Å². The van der Waals surface area contributed by atoms with E-state index in [2.05, 4.69) is 10.3 Å². The van der Waals surface area contributed by atoms with E-state index < -0.39 is 13.0 Å². The zero-order valence-electron chi connectivity index (χ0n) is 15.3. The Morgan fingerprint density at radius 1 is 1.32 bits per heavy atom. The van der Waals surface area contributed by atoms with Crippen LogP contribution in [-0.2, 0) is 4.79 Å². The Kier molecular flexibility index (Phi) is 5.86. The van der Waals surface area contributed by atoms with E-state index in [1.807, 2.05) is 12.1 Å². The van der Waals surface area contributed by atoms with E-state index in [0.29, 0.717) is 12.7 Å². The van der Waals surface area contributed by atoms with Gasteiger partial charge in [-0.1, -0.05) is 6.07 Å². The van der Waals surface area contributed by atoms with Crippen molar-refractivity contribution in [1.29, 1.82) is 0 Å². The number of likely N-dealkylation sites (tertiary alicyclic amines) is 1. The van der Waals surface area contributed by atoms with Crippen molar-refractivity contribution in [2.75, 3.05) is 13.6 Å². The summed E-state index contributed by atoms with van der Waals surface area (Å²) in [6.45, 7) is 0.280. The SMILES string of the molecule is CN1C(=O)C[C@H](CNC(=O)c2ccc(B(O)O)c(C=O)c2)[C@H]1c1ccncc1. The smallest absolute Gasteiger partial charge is 0.423 e. The zero-order valence-corrected chi connectivity index (χ0v) is 15.3. The first kappa shape index (κ1) is 19.7. The van der Waals surface area contributed by atoms with Gasteiger partial charge in [-0.05, 0) is 35.3 Å². The Bertz CT molecular complexity index is 890. The highest BCUT2D eigenvalue weighted by Crippen LogP contribution is 2.36. The summed E-state index contributed by atoms with van der Waals surface area (Å²) in [5.41, 5.74) is 1.25. The molecule has 2 amide bonds. The first-order valence-corrected chi connectivity index (χ1v) is 8.81. The number of aldehydes is 1. The van der Waals surface area contributed by atoms with Crippen LogP contribution in [0.2, 0.25) is 0 Å². The lowest BCUT2D eigenvalue weighted by Gasteiger charge is -2.25. The maximum absolute atomic E-state index is 12.5. The number of hydrogen-bond donors (Lipinski definition) is 3.